The smallest absolute Gasteiger partial charge is 0.373 e. The van der Waals surface area contributed by atoms with E-state index in [4.69, 9.17) is 19.9 Å². The molecule has 3 aromatic rings. The number of hydrogen-bond acceptors (Lipinski definition) is 11. The van der Waals surface area contributed by atoms with Crippen molar-refractivity contribution >= 4 is 17.3 Å². The predicted molar refractivity (Wildman–Crippen MR) is 126 cm³/mol. The summed E-state index contributed by atoms with van der Waals surface area (Å²) in [5.41, 5.74) is 6.33. The van der Waals surface area contributed by atoms with Gasteiger partial charge in [-0.15, -0.1) is 0 Å². The van der Waals surface area contributed by atoms with Gasteiger partial charge in [0.15, 0.2) is 11.5 Å². The summed E-state index contributed by atoms with van der Waals surface area (Å²) in [7, 11) is 1.95. The van der Waals surface area contributed by atoms with E-state index in [1.807, 2.05) is 24.1 Å². The average Bonchev–Trinajstić information content (AvgIpc) is 3.26. The Morgan fingerprint density at radius 3 is 2.71 bits per heavy atom. The van der Waals surface area contributed by atoms with Gasteiger partial charge in [0.1, 0.15) is 11.6 Å². The fraction of sp³-hybridized carbons (Fsp3) is 0.217. The summed E-state index contributed by atoms with van der Waals surface area (Å²) in [4.78, 5) is 25.5. The number of aliphatic imine (C=N–C) groups is 1. The Kier molecular flexibility index (Phi) is 6.59. The minimum atomic E-state index is -0.752. The molecular formula is C23H21N7O5. The fourth-order valence-corrected chi connectivity index (χ4v) is 3.40. The van der Waals surface area contributed by atoms with Crippen molar-refractivity contribution in [3.63, 3.8) is 0 Å². The second kappa shape index (κ2) is 9.92. The van der Waals surface area contributed by atoms with Gasteiger partial charge in [-0.05, 0) is 31.2 Å². The van der Waals surface area contributed by atoms with Gasteiger partial charge in [0, 0.05) is 25.2 Å². The van der Waals surface area contributed by atoms with E-state index in [0.29, 0.717) is 18.9 Å². The maximum atomic E-state index is 11.7. The lowest BCUT2D eigenvalue weighted by atomic mass is 10.2. The summed E-state index contributed by atoms with van der Waals surface area (Å²) in [5.74, 6) is 0.637. The van der Waals surface area contributed by atoms with Crippen molar-refractivity contribution in [2.75, 3.05) is 32.5 Å². The lowest BCUT2D eigenvalue weighted by molar-refractivity contribution is -0.385. The van der Waals surface area contributed by atoms with Crippen LogP contribution >= 0.6 is 0 Å². The van der Waals surface area contributed by atoms with Gasteiger partial charge in [0.2, 0.25) is 5.82 Å². The molecule has 35 heavy (non-hydrogen) atoms. The van der Waals surface area contributed by atoms with Gasteiger partial charge in [-0.2, -0.15) is 15.2 Å². The molecule has 178 valence electrons. The molecule has 0 bridgehead atoms. The quantitative estimate of drug-likeness (QED) is 0.377. The average molecular weight is 475 g/mol. The summed E-state index contributed by atoms with van der Waals surface area (Å²) in [6.07, 6.45) is 0. The molecule has 4 rings (SSSR count). The number of rotatable bonds is 8. The molecule has 0 spiro atoms. The Bertz CT molecular complexity index is 1350. The van der Waals surface area contributed by atoms with Crippen LogP contribution in [0.25, 0.3) is 0 Å². The summed E-state index contributed by atoms with van der Waals surface area (Å²) in [6, 6.07) is 13.3. The molecule has 1 aliphatic rings. The molecular weight excluding hydrogens is 454 g/mol. The van der Waals surface area contributed by atoms with E-state index in [1.165, 1.54) is 18.2 Å². The maximum Gasteiger partial charge on any atom is 0.373 e. The van der Waals surface area contributed by atoms with Gasteiger partial charge in [-0.25, -0.2) is 0 Å². The van der Waals surface area contributed by atoms with E-state index < -0.39 is 22.3 Å². The number of aromatic nitrogens is 2. The van der Waals surface area contributed by atoms with Crippen molar-refractivity contribution in [2.24, 2.45) is 4.99 Å². The lowest BCUT2D eigenvalue weighted by Crippen LogP contribution is -2.23. The zero-order valence-corrected chi connectivity index (χ0v) is 19.0. The zero-order chi connectivity index (χ0) is 24.9. The number of amidine groups is 1. The molecule has 0 saturated carbocycles. The van der Waals surface area contributed by atoms with Crippen LogP contribution in [0.2, 0.25) is 0 Å². The van der Waals surface area contributed by atoms with Crippen molar-refractivity contribution < 1.29 is 19.1 Å². The molecule has 0 unspecified atom stereocenters. The topological polar surface area (TPSA) is 162 Å². The van der Waals surface area contributed by atoms with Crippen LogP contribution in [-0.4, -0.2) is 52.4 Å². The Labute approximate surface area is 200 Å². The van der Waals surface area contributed by atoms with Crippen molar-refractivity contribution in [2.45, 2.75) is 6.92 Å². The van der Waals surface area contributed by atoms with Crippen molar-refractivity contribution in [3.05, 3.63) is 63.7 Å². The van der Waals surface area contributed by atoms with Crippen LogP contribution in [0.3, 0.4) is 0 Å². The Balaban J connectivity index is 1.70. The van der Waals surface area contributed by atoms with Gasteiger partial charge in [-0.3, -0.25) is 15.1 Å². The molecule has 0 fully saturated rings. The monoisotopic (exact) mass is 475 g/mol. The van der Waals surface area contributed by atoms with Crippen molar-refractivity contribution in [1.82, 2.24) is 14.9 Å². The van der Waals surface area contributed by atoms with Gasteiger partial charge in [0.25, 0.3) is 0 Å². The van der Waals surface area contributed by atoms with Crippen LogP contribution in [0, 0.1) is 21.4 Å². The van der Waals surface area contributed by atoms with E-state index >= 15 is 0 Å². The third kappa shape index (κ3) is 5.03. The molecule has 1 aliphatic heterocycles. The summed E-state index contributed by atoms with van der Waals surface area (Å²) < 4.78 is 17.0. The van der Waals surface area contributed by atoms with Crippen LogP contribution in [0.5, 0.6) is 29.1 Å². The first-order valence-electron chi connectivity index (χ1n) is 10.6. The summed E-state index contributed by atoms with van der Waals surface area (Å²) in [5, 5.41) is 20.9. The Hall–Kier alpha value is -4.92. The number of hydrogen-bond donors (Lipinski definition) is 1. The number of nitro groups is 1. The molecule has 2 heterocycles. The normalized spacial score (nSPS) is 12.6. The van der Waals surface area contributed by atoms with Crippen LogP contribution in [-0.2, 0) is 0 Å². The second-order valence-electron chi connectivity index (χ2n) is 7.37. The molecule has 2 aromatic carbocycles. The lowest BCUT2D eigenvalue weighted by Gasteiger charge is -2.15. The van der Waals surface area contributed by atoms with Crippen molar-refractivity contribution in [3.8, 4) is 35.2 Å². The zero-order valence-electron chi connectivity index (χ0n) is 19.0. The number of anilines is 1. The first-order valence-corrected chi connectivity index (χ1v) is 10.6. The van der Waals surface area contributed by atoms with E-state index in [2.05, 4.69) is 15.0 Å². The minimum Gasteiger partial charge on any atom is -0.490 e. The highest BCUT2D eigenvalue weighted by Gasteiger charge is 2.27. The van der Waals surface area contributed by atoms with E-state index in [0.717, 1.165) is 17.9 Å². The minimum absolute atomic E-state index is 0.0577. The first kappa shape index (κ1) is 23.2. The molecule has 0 atom stereocenters. The molecule has 0 amide bonds. The number of likely N-dealkylation sites (N-methyl/N-ethyl adjacent to an activating group) is 1. The molecule has 2 N–H and O–H groups in total. The SMILES string of the molecule is CCOc1ccc(C#N)cc1Oc1nc(Oc2cccc(C3=NCCN3C)c2)nc(N)c1[N+](=O)[O-]. The van der Waals surface area contributed by atoms with Crippen LogP contribution in [0.4, 0.5) is 11.5 Å². The number of nitrogen functional groups attached to an aromatic ring is 1. The van der Waals surface area contributed by atoms with Crippen LogP contribution in [0.15, 0.2) is 47.5 Å². The largest absolute Gasteiger partial charge is 0.490 e. The number of ether oxygens (including phenoxy) is 3. The van der Waals surface area contributed by atoms with E-state index in [1.54, 1.807) is 25.1 Å². The van der Waals surface area contributed by atoms with Gasteiger partial charge in [-0.1, -0.05) is 12.1 Å². The molecule has 0 saturated heterocycles. The van der Waals surface area contributed by atoms with Crippen LogP contribution < -0.4 is 19.9 Å². The Morgan fingerprint density at radius 1 is 1.20 bits per heavy atom. The molecule has 0 aliphatic carbocycles. The highest BCUT2D eigenvalue weighted by molar-refractivity contribution is 5.99. The Morgan fingerprint density at radius 2 is 2.03 bits per heavy atom. The number of nitrogens with two attached hydrogens (primary N) is 1. The maximum absolute atomic E-state index is 11.7. The molecule has 12 heteroatoms. The number of nitriles is 1. The first-order chi connectivity index (χ1) is 16.9. The second-order valence-corrected chi connectivity index (χ2v) is 7.37. The molecule has 0 radical (unpaired) electrons. The highest BCUT2D eigenvalue weighted by atomic mass is 16.6. The molecule has 12 nitrogen and oxygen atoms in total. The fourth-order valence-electron chi connectivity index (χ4n) is 3.40. The van der Waals surface area contributed by atoms with Gasteiger partial charge < -0.3 is 24.8 Å². The van der Waals surface area contributed by atoms with Crippen molar-refractivity contribution in [1.29, 1.82) is 5.26 Å². The third-order valence-electron chi connectivity index (χ3n) is 4.98. The van der Waals surface area contributed by atoms with Gasteiger partial charge >= 0.3 is 17.6 Å². The molecule has 1 aromatic heterocycles. The van der Waals surface area contributed by atoms with Gasteiger partial charge in [0.05, 0.1) is 29.7 Å². The predicted octanol–water partition coefficient (Wildman–Crippen LogP) is 3.51. The third-order valence-corrected chi connectivity index (χ3v) is 4.98. The van der Waals surface area contributed by atoms with E-state index in [9.17, 15) is 15.4 Å². The number of nitrogens with zero attached hydrogens (tertiary/aromatic N) is 6. The summed E-state index contributed by atoms with van der Waals surface area (Å²) >= 11 is 0. The van der Waals surface area contributed by atoms with E-state index in [-0.39, 0.29) is 23.1 Å². The number of benzene rings is 2. The standard InChI is InChI=1S/C23H21N7O5/c1-3-33-17-8-7-14(13-24)11-18(17)35-22-19(30(31)32)20(25)27-23(28-22)34-16-6-4-5-15(12-16)21-26-9-10-29(21)2/h4-8,11-12H,3,9-10H2,1-2H3,(H2,25,27,28). The van der Waals surface area contributed by atoms with Crippen LogP contribution in [0.1, 0.15) is 18.1 Å². The summed E-state index contributed by atoms with van der Waals surface area (Å²) in [6.45, 7) is 3.60. The highest BCUT2D eigenvalue weighted by Crippen LogP contribution is 2.39.